The Morgan fingerprint density at radius 2 is 1.89 bits per heavy atom. The number of halogens is 1. The van der Waals surface area contributed by atoms with E-state index in [1.165, 1.54) is 0 Å². The molecule has 0 aliphatic heterocycles. The largest absolute Gasteiger partial charge is 0.469 e. The minimum absolute atomic E-state index is 0.175. The van der Waals surface area contributed by atoms with Gasteiger partial charge in [-0.2, -0.15) is 0 Å². The molecule has 0 bridgehead atoms. The summed E-state index contributed by atoms with van der Waals surface area (Å²) in [5.74, 6) is 0.654. The van der Waals surface area contributed by atoms with Crippen molar-refractivity contribution in [1.82, 2.24) is 5.32 Å². The molecule has 0 amide bonds. The molecule has 1 heterocycles. The fraction of sp³-hybridized carbons (Fsp3) is 0.333. The van der Waals surface area contributed by atoms with Crippen molar-refractivity contribution in [2.45, 2.75) is 26.8 Å². The molecule has 0 aliphatic rings. The van der Waals surface area contributed by atoms with Crippen LogP contribution in [0.2, 0.25) is 0 Å². The summed E-state index contributed by atoms with van der Waals surface area (Å²) in [6.45, 7) is 5.72. The van der Waals surface area contributed by atoms with E-state index in [1.807, 2.05) is 40.0 Å². The van der Waals surface area contributed by atoms with Crippen LogP contribution >= 0.6 is 0 Å². The Bertz CT molecular complexity index is 536. The monoisotopic (exact) mass is 247 g/mol. The van der Waals surface area contributed by atoms with E-state index in [0.29, 0.717) is 5.56 Å². The molecule has 1 N–H and O–H groups in total. The average molecular weight is 247 g/mol. The molecule has 1 unspecified atom stereocenters. The highest BCUT2D eigenvalue weighted by atomic mass is 19.1. The van der Waals surface area contributed by atoms with E-state index < -0.39 is 0 Å². The van der Waals surface area contributed by atoms with Gasteiger partial charge in [0.1, 0.15) is 11.6 Å². The minimum Gasteiger partial charge on any atom is -0.469 e. The normalized spacial score (nSPS) is 12.7. The van der Waals surface area contributed by atoms with E-state index in [2.05, 4.69) is 5.32 Å². The lowest BCUT2D eigenvalue weighted by Crippen LogP contribution is -2.19. The average Bonchev–Trinajstić information content (AvgIpc) is 2.69. The van der Waals surface area contributed by atoms with Crippen LogP contribution in [0.25, 0.3) is 0 Å². The van der Waals surface area contributed by atoms with Gasteiger partial charge in [-0.15, -0.1) is 0 Å². The fourth-order valence-electron chi connectivity index (χ4n) is 2.39. The first kappa shape index (κ1) is 12.8. The second kappa shape index (κ2) is 4.94. The number of rotatable bonds is 3. The molecule has 18 heavy (non-hydrogen) atoms. The van der Waals surface area contributed by atoms with Gasteiger partial charge < -0.3 is 9.73 Å². The molecule has 3 heteroatoms. The van der Waals surface area contributed by atoms with Gasteiger partial charge in [0, 0.05) is 11.1 Å². The maximum absolute atomic E-state index is 14.2. The smallest absolute Gasteiger partial charge is 0.128 e. The predicted molar refractivity (Wildman–Crippen MR) is 70.2 cm³/mol. The molecule has 0 fully saturated rings. The van der Waals surface area contributed by atoms with Gasteiger partial charge in [-0.1, -0.05) is 6.07 Å². The van der Waals surface area contributed by atoms with Gasteiger partial charge in [-0.05, 0) is 51.1 Å². The fourth-order valence-corrected chi connectivity index (χ4v) is 2.39. The third-order valence-corrected chi connectivity index (χ3v) is 3.14. The molecule has 0 spiro atoms. The number of hydrogen-bond acceptors (Lipinski definition) is 2. The molecule has 0 saturated heterocycles. The molecule has 2 aromatic rings. The second-order valence-electron chi connectivity index (χ2n) is 4.69. The molecule has 1 aromatic heterocycles. The first-order valence-corrected chi connectivity index (χ1v) is 6.02. The molecule has 1 aromatic carbocycles. The molecule has 96 valence electrons. The van der Waals surface area contributed by atoms with E-state index >= 15 is 0 Å². The quantitative estimate of drug-likeness (QED) is 0.895. The first-order valence-electron chi connectivity index (χ1n) is 6.02. The molecule has 0 radical (unpaired) electrons. The molecular weight excluding hydrogens is 229 g/mol. The Hall–Kier alpha value is -1.61. The van der Waals surface area contributed by atoms with Crippen molar-refractivity contribution in [3.8, 4) is 0 Å². The second-order valence-corrected chi connectivity index (χ2v) is 4.69. The number of benzene rings is 1. The van der Waals surface area contributed by atoms with Crippen molar-refractivity contribution < 1.29 is 8.81 Å². The highest BCUT2D eigenvalue weighted by Gasteiger charge is 2.20. The van der Waals surface area contributed by atoms with Crippen molar-refractivity contribution >= 4 is 0 Å². The van der Waals surface area contributed by atoms with Crippen LogP contribution in [0.4, 0.5) is 4.39 Å². The van der Waals surface area contributed by atoms with E-state index in [4.69, 9.17) is 4.42 Å². The van der Waals surface area contributed by atoms with E-state index in [1.54, 1.807) is 12.3 Å². The van der Waals surface area contributed by atoms with Crippen LogP contribution in [0.1, 0.15) is 34.1 Å². The predicted octanol–water partition coefficient (Wildman–Crippen LogP) is 3.65. The zero-order valence-electron chi connectivity index (χ0n) is 11.2. The number of furan rings is 1. The third-order valence-electron chi connectivity index (χ3n) is 3.14. The zero-order chi connectivity index (χ0) is 13.3. The summed E-state index contributed by atoms with van der Waals surface area (Å²) < 4.78 is 19.5. The van der Waals surface area contributed by atoms with Gasteiger partial charge in [0.15, 0.2) is 0 Å². The van der Waals surface area contributed by atoms with Crippen LogP contribution in [0.5, 0.6) is 0 Å². The maximum atomic E-state index is 14.2. The zero-order valence-corrected chi connectivity index (χ0v) is 11.2. The van der Waals surface area contributed by atoms with Gasteiger partial charge in [-0.25, -0.2) is 4.39 Å². The summed E-state index contributed by atoms with van der Waals surface area (Å²) >= 11 is 0. The highest BCUT2D eigenvalue weighted by Crippen LogP contribution is 2.29. The van der Waals surface area contributed by atoms with Crippen molar-refractivity contribution in [2.24, 2.45) is 0 Å². The van der Waals surface area contributed by atoms with Crippen LogP contribution in [0.15, 0.2) is 28.9 Å². The van der Waals surface area contributed by atoms with Crippen LogP contribution in [0.3, 0.4) is 0 Å². The Morgan fingerprint density at radius 3 is 2.39 bits per heavy atom. The summed E-state index contributed by atoms with van der Waals surface area (Å²) in [6.07, 6.45) is 1.68. The van der Waals surface area contributed by atoms with Crippen molar-refractivity contribution in [3.05, 3.63) is 58.3 Å². The first-order chi connectivity index (χ1) is 8.52. The lowest BCUT2D eigenvalue weighted by molar-refractivity contribution is 0.524. The minimum atomic E-state index is -0.178. The van der Waals surface area contributed by atoms with Crippen LogP contribution in [0, 0.1) is 26.6 Å². The molecule has 0 aliphatic carbocycles. The summed E-state index contributed by atoms with van der Waals surface area (Å²) in [5.41, 5.74) is 3.52. The Morgan fingerprint density at radius 1 is 1.17 bits per heavy atom. The van der Waals surface area contributed by atoms with Gasteiger partial charge in [0.05, 0.1) is 12.3 Å². The van der Waals surface area contributed by atoms with Gasteiger partial charge in [0.2, 0.25) is 0 Å². The highest BCUT2D eigenvalue weighted by molar-refractivity contribution is 5.39. The molecule has 1 atom stereocenters. The van der Waals surface area contributed by atoms with Crippen LogP contribution < -0.4 is 5.32 Å². The van der Waals surface area contributed by atoms with Gasteiger partial charge >= 0.3 is 0 Å². The van der Waals surface area contributed by atoms with Gasteiger partial charge in [-0.3, -0.25) is 0 Å². The van der Waals surface area contributed by atoms with Crippen molar-refractivity contribution in [2.75, 3.05) is 7.05 Å². The Kier molecular flexibility index (Phi) is 3.53. The van der Waals surface area contributed by atoms with Crippen LogP contribution in [-0.2, 0) is 0 Å². The standard InChI is InChI=1S/C15H18FNO/c1-9-5-10(2)14(13(16)6-9)15(17-4)12-7-11(3)18-8-12/h5-8,15,17H,1-4H3. The van der Waals surface area contributed by atoms with E-state index in [-0.39, 0.29) is 11.9 Å². The van der Waals surface area contributed by atoms with Gasteiger partial charge in [0.25, 0.3) is 0 Å². The molecule has 2 rings (SSSR count). The maximum Gasteiger partial charge on any atom is 0.128 e. The third kappa shape index (κ3) is 2.31. The van der Waals surface area contributed by atoms with Crippen molar-refractivity contribution in [3.63, 3.8) is 0 Å². The summed E-state index contributed by atoms with van der Waals surface area (Å²) in [7, 11) is 1.83. The van der Waals surface area contributed by atoms with Crippen LogP contribution in [-0.4, -0.2) is 7.05 Å². The lowest BCUT2D eigenvalue weighted by Gasteiger charge is -2.18. The van der Waals surface area contributed by atoms with E-state index in [0.717, 1.165) is 22.5 Å². The lowest BCUT2D eigenvalue weighted by atomic mass is 9.94. The van der Waals surface area contributed by atoms with E-state index in [9.17, 15) is 4.39 Å². The number of hydrogen-bond donors (Lipinski definition) is 1. The Balaban J connectivity index is 2.51. The summed E-state index contributed by atoms with van der Waals surface area (Å²) in [6, 6.07) is 5.32. The summed E-state index contributed by atoms with van der Waals surface area (Å²) in [4.78, 5) is 0. The van der Waals surface area contributed by atoms with Crippen molar-refractivity contribution in [1.29, 1.82) is 0 Å². The molecule has 2 nitrogen and oxygen atoms in total. The Labute approximate surface area is 107 Å². The summed E-state index contributed by atoms with van der Waals surface area (Å²) in [5, 5.41) is 3.15. The number of nitrogens with one attached hydrogen (secondary N) is 1. The topological polar surface area (TPSA) is 25.2 Å². The number of aryl methyl sites for hydroxylation is 3. The molecular formula is C15H18FNO. The SMILES string of the molecule is CNC(c1coc(C)c1)c1c(C)cc(C)cc1F. The molecule has 0 saturated carbocycles.